The summed E-state index contributed by atoms with van der Waals surface area (Å²) >= 11 is 2.58. The first-order valence-electron chi connectivity index (χ1n) is 31.0. The van der Waals surface area contributed by atoms with Crippen molar-refractivity contribution in [2.45, 2.75) is 64.2 Å². The molecule has 0 bridgehead atoms. The van der Waals surface area contributed by atoms with E-state index in [-0.39, 0.29) is 5.41 Å². The van der Waals surface area contributed by atoms with Gasteiger partial charge < -0.3 is 0 Å². The quantitative estimate of drug-likeness (QED) is 0.128. The van der Waals surface area contributed by atoms with Crippen molar-refractivity contribution in [2.24, 2.45) is 0 Å². The SMILES string of the molecule is CC(C)(C)c1ccnc(-n2c3[c-]c(Oc4[c-]c5c(cc4)n(-c4cc(-c6ccccc6)cc(-c6ccccc6)c4)c4ccccc4c4cccc6c4n5[c](=[Pt])n6-c4c(-c5ccccc5)cccc4-c4ccccc4)ccc3c3cc(C4CCCCC4)ccc32)c1. The van der Waals surface area contributed by atoms with Crippen LogP contribution < -0.4 is 4.74 Å². The summed E-state index contributed by atoms with van der Waals surface area (Å²) in [7, 11) is 0. The zero-order chi connectivity index (χ0) is 59.7. The molecule has 434 valence electrons. The van der Waals surface area contributed by atoms with Gasteiger partial charge in [0.05, 0.1) is 0 Å². The Bertz CT molecular complexity index is 5200. The molecule has 0 atom stereocenters. The number of para-hydroxylation sites is 3. The number of benzene rings is 11. The van der Waals surface area contributed by atoms with E-state index < -0.39 is 0 Å². The molecule has 0 amide bonds. The number of hydrogen-bond acceptors (Lipinski definition) is 2. The van der Waals surface area contributed by atoms with E-state index in [9.17, 15) is 0 Å². The summed E-state index contributed by atoms with van der Waals surface area (Å²) in [6.07, 6.45) is 8.29. The van der Waals surface area contributed by atoms with Gasteiger partial charge in [-0.3, -0.25) is 0 Å². The third-order valence-electron chi connectivity index (χ3n) is 18.2. The van der Waals surface area contributed by atoms with Crippen LogP contribution in [0.4, 0.5) is 0 Å². The molecular weight excluding hydrogens is 1270 g/mol. The van der Waals surface area contributed by atoms with Gasteiger partial charge in [-0.25, -0.2) is 0 Å². The summed E-state index contributed by atoms with van der Waals surface area (Å²) in [6.45, 7) is 6.78. The zero-order valence-corrected chi connectivity index (χ0v) is 52.2. The average Bonchev–Trinajstić information content (AvgIpc) is 1.63. The second kappa shape index (κ2) is 22.4. The molecular formula is C82H63N5OPt-2. The van der Waals surface area contributed by atoms with E-state index in [4.69, 9.17) is 9.72 Å². The number of pyridine rings is 1. The molecule has 0 N–H and O–H groups in total. The number of ether oxygens (including phenoxy) is 1. The Kier molecular flexibility index (Phi) is 13.7. The number of aromatic nitrogens is 5. The molecule has 1 saturated carbocycles. The Morgan fingerprint density at radius 2 is 1.00 bits per heavy atom. The fraction of sp³-hybridized carbons (Fsp3) is 0.122. The number of fused-ring (bicyclic) bond motifs is 7. The second-order valence-electron chi connectivity index (χ2n) is 24.7. The van der Waals surface area contributed by atoms with Gasteiger partial charge >= 0.3 is 439 Å². The summed E-state index contributed by atoms with van der Waals surface area (Å²) in [6, 6.07) is 100. The van der Waals surface area contributed by atoms with Crippen LogP contribution in [0, 0.1) is 15.9 Å². The van der Waals surface area contributed by atoms with E-state index in [1.165, 1.54) is 48.6 Å². The summed E-state index contributed by atoms with van der Waals surface area (Å²) in [5.41, 5.74) is 20.6. The van der Waals surface area contributed by atoms with E-state index in [1.54, 1.807) is 0 Å². The van der Waals surface area contributed by atoms with Crippen molar-refractivity contribution in [1.29, 1.82) is 0 Å². The average molecular weight is 1330 g/mol. The van der Waals surface area contributed by atoms with E-state index >= 15 is 0 Å². The Hall–Kier alpha value is -9.87. The van der Waals surface area contributed by atoms with Crippen molar-refractivity contribution in [3.8, 4) is 73.2 Å². The van der Waals surface area contributed by atoms with Crippen LogP contribution in [0.5, 0.6) is 11.5 Å². The van der Waals surface area contributed by atoms with Crippen LogP contribution in [0.3, 0.4) is 0 Å². The van der Waals surface area contributed by atoms with Crippen molar-refractivity contribution < 1.29 is 24.1 Å². The van der Waals surface area contributed by atoms with Gasteiger partial charge in [-0.2, -0.15) is 0 Å². The monoisotopic (exact) mass is 1330 g/mol. The van der Waals surface area contributed by atoms with E-state index in [0.717, 1.165) is 120 Å². The van der Waals surface area contributed by atoms with Gasteiger partial charge in [-0.1, -0.05) is 46.1 Å². The molecule has 1 fully saturated rings. The summed E-state index contributed by atoms with van der Waals surface area (Å²) in [5.74, 6) is 2.56. The molecule has 0 saturated heterocycles. The molecule has 1 aliphatic carbocycles. The number of nitrogens with zero attached hydrogens (tertiary/aromatic N) is 5. The Labute approximate surface area is 529 Å². The Morgan fingerprint density at radius 3 is 1.66 bits per heavy atom. The van der Waals surface area contributed by atoms with Crippen molar-refractivity contribution in [3.05, 3.63) is 288 Å². The van der Waals surface area contributed by atoms with Crippen molar-refractivity contribution in [1.82, 2.24) is 23.1 Å². The standard InChI is InChI=1S/C82H63N5O.Pt/c1-82(2,3)63-45-46-83-79(51-63)87-74-43-39-60(55-23-9-4-10-24-55)50-72(74)70-42-40-65(52-77(70)87)88-66-41-44-75-78(53-66)85-54-84(80-67(58-29-15-7-16-30-58)34-21-35-68(80)59-31-17-8-18-32-59)76-38-22-36-71(81(76)85)69-33-19-20-37-73(69)86(75)64-48-61(56-25-11-5-12-26-56)47-62(49-64)57-27-13-6-14-28-57;/h5-8,11-22,25-51,55H,4,9-10,23-24H2,1-3H3;/q-2;. The second-order valence-corrected chi connectivity index (χ2v) is 25.7. The number of imidazole rings is 1. The molecule has 7 heteroatoms. The minimum atomic E-state index is -0.0757. The summed E-state index contributed by atoms with van der Waals surface area (Å²) in [5, 5.41) is 4.52. The van der Waals surface area contributed by atoms with Gasteiger partial charge in [0.2, 0.25) is 0 Å². The molecule has 16 rings (SSSR count). The first-order chi connectivity index (χ1) is 43.7. The molecule has 0 aliphatic heterocycles. The van der Waals surface area contributed by atoms with Gasteiger partial charge in [0.25, 0.3) is 0 Å². The molecule has 6 nitrogen and oxygen atoms in total. The third-order valence-corrected chi connectivity index (χ3v) is 19.2. The molecule has 89 heavy (non-hydrogen) atoms. The molecule has 4 heterocycles. The van der Waals surface area contributed by atoms with Gasteiger partial charge in [0.15, 0.2) is 0 Å². The van der Waals surface area contributed by atoms with E-state index in [1.807, 2.05) is 6.20 Å². The summed E-state index contributed by atoms with van der Waals surface area (Å²) in [4.78, 5) is 5.08. The maximum atomic E-state index is 7.26. The van der Waals surface area contributed by atoms with Crippen molar-refractivity contribution >= 4 is 60.2 Å². The van der Waals surface area contributed by atoms with Crippen LogP contribution in [0.25, 0.3) is 122 Å². The van der Waals surface area contributed by atoms with E-state index in [2.05, 4.69) is 325 Å². The van der Waals surface area contributed by atoms with Crippen LogP contribution in [0.1, 0.15) is 69.9 Å². The molecule has 0 radical (unpaired) electrons. The first-order valence-corrected chi connectivity index (χ1v) is 32.2. The molecule has 0 unspecified atom stereocenters. The number of rotatable bonds is 10. The molecule has 15 aromatic rings. The first kappa shape index (κ1) is 54.5. The Morgan fingerprint density at radius 1 is 0.438 bits per heavy atom. The van der Waals surface area contributed by atoms with E-state index in [0.29, 0.717) is 17.4 Å². The maximum absolute atomic E-state index is 7.26. The van der Waals surface area contributed by atoms with Crippen molar-refractivity contribution in [3.63, 3.8) is 0 Å². The predicted octanol–water partition coefficient (Wildman–Crippen LogP) is 21.5. The fourth-order valence-corrected chi connectivity index (χ4v) is 14.9. The van der Waals surface area contributed by atoms with Crippen LogP contribution in [0.2, 0.25) is 0 Å². The van der Waals surface area contributed by atoms with Crippen LogP contribution in [-0.2, 0) is 24.8 Å². The molecule has 0 spiro atoms. The van der Waals surface area contributed by atoms with Crippen LogP contribution in [-0.4, -0.2) is 23.1 Å². The fourth-order valence-electron chi connectivity index (χ4n) is 13.9. The molecule has 11 aromatic carbocycles. The molecule has 1 aliphatic rings. The predicted molar refractivity (Wildman–Crippen MR) is 363 cm³/mol. The van der Waals surface area contributed by atoms with Crippen LogP contribution >= 0.6 is 0 Å². The zero-order valence-electron chi connectivity index (χ0n) is 49.9. The van der Waals surface area contributed by atoms with Crippen molar-refractivity contribution in [2.75, 3.05) is 0 Å². The van der Waals surface area contributed by atoms with Crippen LogP contribution in [0.15, 0.2) is 261 Å². The minimum absolute atomic E-state index is 0.0757. The summed E-state index contributed by atoms with van der Waals surface area (Å²) < 4.78 is 17.9. The van der Waals surface area contributed by atoms with Gasteiger partial charge in [-0.05, 0) is 41.4 Å². The topological polar surface area (TPSA) is 41.3 Å². The molecule has 4 aromatic heterocycles. The number of hydrogen-bond donors (Lipinski definition) is 0. The normalized spacial score (nSPS) is 13.1. The Balaban J connectivity index is 0.995. The van der Waals surface area contributed by atoms with Gasteiger partial charge in [0, 0.05) is 6.20 Å². The van der Waals surface area contributed by atoms with Gasteiger partial charge in [-0.15, -0.1) is 0 Å². The van der Waals surface area contributed by atoms with Gasteiger partial charge in [0.1, 0.15) is 0 Å². The third kappa shape index (κ3) is 9.69.